The zero-order valence-corrected chi connectivity index (χ0v) is 10.7. The van der Waals surface area contributed by atoms with Crippen molar-refractivity contribution in [2.45, 2.75) is 45.4 Å². The molecule has 1 aliphatic rings. The van der Waals surface area contributed by atoms with Crippen LogP contribution >= 0.6 is 0 Å². The number of nitrogens with zero attached hydrogens (tertiary/aromatic N) is 1. The Morgan fingerprint density at radius 2 is 2.25 bits per heavy atom. The number of ether oxygens (including phenoxy) is 1. The summed E-state index contributed by atoms with van der Waals surface area (Å²) in [4.78, 5) is 2.44. The van der Waals surface area contributed by atoms with Crippen molar-refractivity contribution in [2.75, 3.05) is 19.8 Å². The quantitative estimate of drug-likeness (QED) is 0.725. The fourth-order valence-corrected chi connectivity index (χ4v) is 2.30. The second-order valence-corrected chi connectivity index (χ2v) is 4.93. The summed E-state index contributed by atoms with van der Waals surface area (Å²) in [6.45, 7) is 12.2. The number of aliphatic hydroxyl groups is 1. The zero-order chi connectivity index (χ0) is 12.1. The van der Waals surface area contributed by atoms with E-state index in [9.17, 15) is 0 Å². The highest BCUT2D eigenvalue weighted by atomic mass is 16.5. The predicted molar refractivity (Wildman–Crippen MR) is 66.4 cm³/mol. The first-order valence-corrected chi connectivity index (χ1v) is 6.19. The van der Waals surface area contributed by atoms with E-state index in [0.717, 1.165) is 19.6 Å². The molecular weight excluding hydrogens is 202 g/mol. The molecule has 4 atom stereocenters. The van der Waals surface area contributed by atoms with Gasteiger partial charge in [-0.2, -0.15) is 0 Å². The van der Waals surface area contributed by atoms with Crippen LogP contribution in [0.15, 0.2) is 12.7 Å². The lowest BCUT2D eigenvalue weighted by molar-refractivity contribution is -0.0946. The van der Waals surface area contributed by atoms with E-state index in [0.29, 0.717) is 18.0 Å². The number of allylic oxidation sites excluding steroid dienone is 1. The molecule has 1 saturated heterocycles. The Morgan fingerprint density at radius 3 is 2.81 bits per heavy atom. The van der Waals surface area contributed by atoms with Gasteiger partial charge in [-0.1, -0.05) is 13.0 Å². The summed E-state index contributed by atoms with van der Waals surface area (Å²) in [6.07, 6.45) is 3.00. The van der Waals surface area contributed by atoms with Gasteiger partial charge in [0.15, 0.2) is 0 Å². The summed E-state index contributed by atoms with van der Waals surface area (Å²) in [6, 6.07) is 0.941. The highest BCUT2D eigenvalue weighted by Crippen LogP contribution is 2.21. The molecule has 3 nitrogen and oxygen atoms in total. The minimum absolute atomic E-state index is 0.0189. The van der Waals surface area contributed by atoms with Crippen molar-refractivity contribution in [3.8, 4) is 0 Å². The van der Waals surface area contributed by atoms with Crippen molar-refractivity contribution < 1.29 is 9.84 Å². The van der Waals surface area contributed by atoms with Crippen LogP contribution in [0.2, 0.25) is 0 Å². The van der Waals surface area contributed by atoms with Gasteiger partial charge < -0.3 is 9.84 Å². The fourth-order valence-electron chi connectivity index (χ4n) is 2.30. The second-order valence-electron chi connectivity index (χ2n) is 4.93. The molecule has 0 aromatic rings. The SMILES string of the molecule is C=CCC(C)C(C)N1CC(CO)OCC1C. The van der Waals surface area contributed by atoms with E-state index in [1.54, 1.807) is 0 Å². The van der Waals surface area contributed by atoms with Gasteiger partial charge in [-0.15, -0.1) is 6.58 Å². The van der Waals surface area contributed by atoms with Crippen LogP contribution in [0, 0.1) is 5.92 Å². The maximum Gasteiger partial charge on any atom is 0.0933 e. The summed E-state index contributed by atoms with van der Waals surface area (Å²) in [5.74, 6) is 0.595. The Morgan fingerprint density at radius 1 is 1.56 bits per heavy atom. The molecule has 0 aliphatic carbocycles. The molecule has 3 heteroatoms. The van der Waals surface area contributed by atoms with Gasteiger partial charge in [-0.3, -0.25) is 4.90 Å². The summed E-state index contributed by atoms with van der Waals surface area (Å²) in [5.41, 5.74) is 0. The molecule has 0 aromatic carbocycles. The molecule has 1 rings (SSSR count). The lowest BCUT2D eigenvalue weighted by atomic mass is 9.96. The van der Waals surface area contributed by atoms with Crippen molar-refractivity contribution in [3.05, 3.63) is 12.7 Å². The Bertz CT molecular complexity index is 220. The maximum absolute atomic E-state index is 9.15. The normalized spacial score (nSPS) is 31.0. The molecule has 94 valence electrons. The van der Waals surface area contributed by atoms with Gasteiger partial charge in [0.1, 0.15) is 0 Å². The molecule has 1 heterocycles. The highest BCUT2D eigenvalue weighted by molar-refractivity contribution is 4.85. The van der Waals surface area contributed by atoms with Crippen molar-refractivity contribution >= 4 is 0 Å². The summed E-state index contributed by atoms with van der Waals surface area (Å²) >= 11 is 0. The maximum atomic E-state index is 9.15. The van der Waals surface area contributed by atoms with Gasteiger partial charge in [0, 0.05) is 18.6 Å². The average Bonchev–Trinajstić information content (AvgIpc) is 2.29. The molecule has 0 amide bonds. The van der Waals surface area contributed by atoms with Crippen LogP contribution < -0.4 is 0 Å². The van der Waals surface area contributed by atoms with E-state index >= 15 is 0 Å². The Balaban J connectivity index is 2.57. The number of morpholine rings is 1. The third-order valence-corrected chi connectivity index (χ3v) is 3.64. The standard InChI is InChI=1S/C13H25NO2/c1-5-6-10(2)12(4)14-7-13(8-15)16-9-11(14)3/h5,10-13,15H,1,6-9H2,2-4H3. The minimum atomic E-state index is -0.0189. The third kappa shape index (κ3) is 3.30. The summed E-state index contributed by atoms with van der Waals surface area (Å²) < 4.78 is 5.55. The van der Waals surface area contributed by atoms with Crippen molar-refractivity contribution in [1.29, 1.82) is 0 Å². The van der Waals surface area contributed by atoms with E-state index < -0.39 is 0 Å². The van der Waals surface area contributed by atoms with Gasteiger partial charge in [-0.25, -0.2) is 0 Å². The van der Waals surface area contributed by atoms with Crippen molar-refractivity contribution in [1.82, 2.24) is 4.90 Å². The van der Waals surface area contributed by atoms with Crippen LogP contribution in [-0.2, 0) is 4.74 Å². The van der Waals surface area contributed by atoms with Gasteiger partial charge in [-0.05, 0) is 26.2 Å². The van der Waals surface area contributed by atoms with Crippen LogP contribution in [0.5, 0.6) is 0 Å². The van der Waals surface area contributed by atoms with E-state index in [1.807, 2.05) is 6.08 Å². The van der Waals surface area contributed by atoms with E-state index in [4.69, 9.17) is 9.84 Å². The molecule has 1 N–H and O–H groups in total. The van der Waals surface area contributed by atoms with Crippen LogP contribution in [-0.4, -0.2) is 48.0 Å². The van der Waals surface area contributed by atoms with Gasteiger partial charge in [0.05, 0.1) is 19.3 Å². The summed E-state index contributed by atoms with van der Waals surface area (Å²) in [7, 11) is 0. The van der Waals surface area contributed by atoms with Crippen LogP contribution in [0.1, 0.15) is 27.2 Å². The number of hydrogen-bond acceptors (Lipinski definition) is 3. The molecule has 0 bridgehead atoms. The first-order chi connectivity index (χ1) is 7.60. The molecule has 0 aromatic heterocycles. The van der Waals surface area contributed by atoms with E-state index in [-0.39, 0.29) is 12.7 Å². The van der Waals surface area contributed by atoms with Crippen LogP contribution in [0.4, 0.5) is 0 Å². The Labute approximate surface area is 99.1 Å². The molecule has 16 heavy (non-hydrogen) atoms. The number of rotatable bonds is 5. The smallest absolute Gasteiger partial charge is 0.0933 e. The minimum Gasteiger partial charge on any atom is -0.394 e. The molecule has 4 unspecified atom stereocenters. The Hall–Kier alpha value is -0.380. The lowest BCUT2D eigenvalue weighted by Gasteiger charge is -2.43. The molecule has 0 radical (unpaired) electrons. The van der Waals surface area contributed by atoms with Crippen LogP contribution in [0.25, 0.3) is 0 Å². The van der Waals surface area contributed by atoms with E-state index in [1.165, 1.54) is 0 Å². The monoisotopic (exact) mass is 227 g/mol. The lowest BCUT2D eigenvalue weighted by Crippen LogP contribution is -2.54. The number of hydrogen-bond donors (Lipinski definition) is 1. The van der Waals surface area contributed by atoms with Crippen molar-refractivity contribution in [3.63, 3.8) is 0 Å². The van der Waals surface area contributed by atoms with Crippen LogP contribution in [0.3, 0.4) is 0 Å². The highest BCUT2D eigenvalue weighted by Gasteiger charge is 2.30. The first-order valence-electron chi connectivity index (χ1n) is 6.19. The Kier molecular flexibility index (Phi) is 5.46. The second kappa shape index (κ2) is 6.38. The average molecular weight is 227 g/mol. The molecule has 0 spiro atoms. The fraction of sp³-hybridized carbons (Fsp3) is 0.846. The summed E-state index contributed by atoms with van der Waals surface area (Å²) in [5, 5.41) is 9.15. The van der Waals surface area contributed by atoms with Gasteiger partial charge in [0.2, 0.25) is 0 Å². The topological polar surface area (TPSA) is 32.7 Å². The molecule has 1 aliphatic heterocycles. The third-order valence-electron chi connectivity index (χ3n) is 3.64. The molecular formula is C13H25NO2. The van der Waals surface area contributed by atoms with Crippen molar-refractivity contribution in [2.24, 2.45) is 5.92 Å². The molecule has 0 saturated carbocycles. The largest absolute Gasteiger partial charge is 0.394 e. The first kappa shape index (κ1) is 13.7. The van der Waals surface area contributed by atoms with Gasteiger partial charge >= 0.3 is 0 Å². The van der Waals surface area contributed by atoms with Gasteiger partial charge in [0.25, 0.3) is 0 Å². The van der Waals surface area contributed by atoms with E-state index in [2.05, 4.69) is 32.3 Å². The molecule has 1 fully saturated rings. The number of aliphatic hydroxyl groups excluding tert-OH is 1. The zero-order valence-electron chi connectivity index (χ0n) is 10.7. The predicted octanol–water partition coefficient (Wildman–Crippen LogP) is 1.67.